The summed E-state index contributed by atoms with van der Waals surface area (Å²) in [6.45, 7) is 5.68. The monoisotopic (exact) mass is 409 g/mol. The number of rotatable bonds is 4. The molecule has 2 aliphatic heterocycles. The van der Waals surface area contributed by atoms with Crippen LogP contribution in [-0.4, -0.2) is 46.4 Å². The van der Waals surface area contributed by atoms with E-state index >= 15 is 0 Å². The molecule has 2 heterocycles. The van der Waals surface area contributed by atoms with Crippen LogP contribution in [0.4, 0.5) is 4.39 Å². The average molecular weight is 410 g/mol. The molecule has 0 saturated carbocycles. The van der Waals surface area contributed by atoms with E-state index in [1.54, 1.807) is 12.1 Å². The van der Waals surface area contributed by atoms with Gasteiger partial charge in [-0.3, -0.25) is 14.9 Å². The Morgan fingerprint density at radius 2 is 1.73 bits per heavy atom. The first-order valence-corrected chi connectivity index (χ1v) is 10.6. The van der Waals surface area contributed by atoms with Crippen molar-refractivity contribution >= 4 is 11.8 Å². The molecule has 4 rings (SSSR count). The van der Waals surface area contributed by atoms with Gasteiger partial charge in [0.25, 0.3) is 5.91 Å². The van der Waals surface area contributed by atoms with Gasteiger partial charge in [0.15, 0.2) is 0 Å². The van der Waals surface area contributed by atoms with Gasteiger partial charge in [0.05, 0.1) is 11.7 Å². The molecule has 2 fully saturated rings. The van der Waals surface area contributed by atoms with Crippen LogP contribution >= 0.6 is 0 Å². The van der Waals surface area contributed by atoms with E-state index in [9.17, 15) is 14.0 Å². The predicted molar refractivity (Wildman–Crippen MR) is 113 cm³/mol. The molecule has 1 atom stereocenters. The molecule has 0 aliphatic carbocycles. The molecule has 2 aliphatic rings. The minimum absolute atomic E-state index is 0.0280. The number of carbonyl (C=O) groups is 2. The van der Waals surface area contributed by atoms with Crippen LogP contribution in [0.1, 0.15) is 42.6 Å². The van der Waals surface area contributed by atoms with Crippen LogP contribution < -0.4 is 5.32 Å². The Labute approximate surface area is 176 Å². The summed E-state index contributed by atoms with van der Waals surface area (Å²) in [5.41, 5.74) is 1.11. The number of piperidine rings is 1. The minimum atomic E-state index is -0.478. The highest BCUT2D eigenvalue weighted by atomic mass is 19.1. The summed E-state index contributed by atoms with van der Waals surface area (Å²) < 4.78 is 13.3. The van der Waals surface area contributed by atoms with Gasteiger partial charge in [0, 0.05) is 38.0 Å². The van der Waals surface area contributed by atoms with Crippen molar-refractivity contribution in [1.82, 2.24) is 15.1 Å². The lowest BCUT2D eigenvalue weighted by Gasteiger charge is -2.44. The van der Waals surface area contributed by atoms with Gasteiger partial charge in [0.1, 0.15) is 5.82 Å². The summed E-state index contributed by atoms with van der Waals surface area (Å²) >= 11 is 0. The molecule has 1 unspecified atom stereocenters. The third kappa shape index (κ3) is 3.84. The molecule has 1 N–H and O–H groups in total. The number of hydrogen-bond donors (Lipinski definition) is 1. The molecule has 0 radical (unpaired) electrons. The SMILES string of the molecule is CC(C)C1NC2(CCN(C(=O)c3ccccc3)CC2)N(Cc2ccc(F)cc2)C1=O. The highest BCUT2D eigenvalue weighted by Gasteiger charge is 2.52. The molecule has 5 nitrogen and oxygen atoms in total. The first-order valence-electron chi connectivity index (χ1n) is 10.6. The van der Waals surface area contributed by atoms with Crippen molar-refractivity contribution in [2.45, 2.75) is 44.9 Å². The number of carbonyl (C=O) groups excluding carboxylic acids is 2. The fraction of sp³-hybridized carbons (Fsp3) is 0.417. The standard InChI is InChI=1S/C24H28FN3O2/c1-17(2)21-23(30)28(16-18-8-10-20(25)11-9-18)24(26-21)12-14-27(15-13-24)22(29)19-6-4-3-5-7-19/h3-11,17,21,26H,12-16H2,1-2H3. The summed E-state index contributed by atoms with van der Waals surface area (Å²) in [5, 5.41) is 3.60. The average Bonchev–Trinajstić information content (AvgIpc) is 3.02. The number of hydrogen-bond acceptors (Lipinski definition) is 3. The lowest BCUT2D eigenvalue weighted by molar-refractivity contribution is -0.134. The fourth-order valence-corrected chi connectivity index (χ4v) is 4.52. The second-order valence-corrected chi connectivity index (χ2v) is 8.61. The summed E-state index contributed by atoms with van der Waals surface area (Å²) in [6, 6.07) is 15.4. The van der Waals surface area contributed by atoms with Crippen molar-refractivity contribution in [2.75, 3.05) is 13.1 Å². The lowest BCUT2D eigenvalue weighted by atomic mass is 9.94. The number of likely N-dealkylation sites (tertiary alicyclic amines) is 1. The van der Waals surface area contributed by atoms with Crippen molar-refractivity contribution in [3.63, 3.8) is 0 Å². The van der Waals surface area contributed by atoms with Crippen LogP contribution in [0.2, 0.25) is 0 Å². The molecule has 2 saturated heterocycles. The Bertz CT molecular complexity index is 906. The first kappa shape index (κ1) is 20.5. The van der Waals surface area contributed by atoms with Crippen molar-refractivity contribution in [3.05, 3.63) is 71.5 Å². The highest BCUT2D eigenvalue weighted by Crippen LogP contribution is 2.35. The number of nitrogens with zero attached hydrogens (tertiary/aromatic N) is 2. The third-order valence-corrected chi connectivity index (χ3v) is 6.29. The Balaban J connectivity index is 1.53. The Kier molecular flexibility index (Phi) is 5.60. The normalized spacial score (nSPS) is 20.9. The topological polar surface area (TPSA) is 52.7 Å². The summed E-state index contributed by atoms with van der Waals surface area (Å²) in [7, 11) is 0. The number of halogens is 1. The van der Waals surface area contributed by atoms with Crippen molar-refractivity contribution in [1.29, 1.82) is 0 Å². The minimum Gasteiger partial charge on any atom is -0.338 e. The number of benzene rings is 2. The summed E-state index contributed by atoms with van der Waals surface area (Å²) in [6.07, 6.45) is 1.34. The molecule has 2 amide bonds. The van der Waals surface area contributed by atoms with E-state index < -0.39 is 5.66 Å². The van der Waals surface area contributed by atoms with Gasteiger partial charge in [-0.1, -0.05) is 44.2 Å². The van der Waals surface area contributed by atoms with E-state index in [1.807, 2.05) is 54.0 Å². The summed E-state index contributed by atoms with van der Waals surface area (Å²) in [5.74, 6) is -0.0128. The van der Waals surface area contributed by atoms with Crippen LogP contribution in [0.25, 0.3) is 0 Å². The number of amides is 2. The number of nitrogens with one attached hydrogen (secondary N) is 1. The van der Waals surface area contributed by atoms with E-state index in [-0.39, 0.29) is 29.6 Å². The van der Waals surface area contributed by atoms with Gasteiger partial charge < -0.3 is 9.80 Å². The van der Waals surface area contributed by atoms with E-state index in [0.717, 1.165) is 5.56 Å². The molecule has 1 spiro atoms. The molecule has 158 valence electrons. The molecule has 0 aromatic heterocycles. The zero-order valence-corrected chi connectivity index (χ0v) is 17.5. The fourth-order valence-electron chi connectivity index (χ4n) is 4.52. The van der Waals surface area contributed by atoms with Gasteiger partial charge in [0.2, 0.25) is 5.91 Å². The molecule has 0 bridgehead atoms. The largest absolute Gasteiger partial charge is 0.338 e. The van der Waals surface area contributed by atoms with Gasteiger partial charge in [-0.2, -0.15) is 0 Å². The zero-order valence-electron chi connectivity index (χ0n) is 17.5. The molecule has 6 heteroatoms. The second kappa shape index (κ2) is 8.19. The zero-order chi connectivity index (χ0) is 21.3. The first-order chi connectivity index (χ1) is 14.4. The maximum Gasteiger partial charge on any atom is 0.253 e. The predicted octanol–water partition coefficient (Wildman–Crippen LogP) is 3.41. The maximum atomic E-state index is 13.3. The van der Waals surface area contributed by atoms with Crippen LogP contribution in [0, 0.1) is 11.7 Å². The van der Waals surface area contributed by atoms with Crippen LogP contribution in [-0.2, 0) is 11.3 Å². The van der Waals surface area contributed by atoms with Crippen LogP contribution in [0.3, 0.4) is 0 Å². The summed E-state index contributed by atoms with van der Waals surface area (Å²) in [4.78, 5) is 29.8. The molecular weight excluding hydrogens is 381 g/mol. The maximum absolute atomic E-state index is 13.3. The van der Waals surface area contributed by atoms with Crippen LogP contribution in [0.5, 0.6) is 0 Å². The quantitative estimate of drug-likeness (QED) is 0.842. The molecular formula is C24H28FN3O2. The lowest BCUT2D eigenvalue weighted by Crippen LogP contribution is -2.59. The second-order valence-electron chi connectivity index (χ2n) is 8.61. The van der Waals surface area contributed by atoms with Gasteiger partial charge in [-0.05, 0) is 35.7 Å². The Morgan fingerprint density at radius 1 is 1.10 bits per heavy atom. The van der Waals surface area contributed by atoms with Crippen molar-refractivity contribution < 1.29 is 14.0 Å². The van der Waals surface area contributed by atoms with E-state index in [0.29, 0.717) is 38.0 Å². The highest BCUT2D eigenvalue weighted by molar-refractivity contribution is 5.94. The van der Waals surface area contributed by atoms with Crippen LogP contribution in [0.15, 0.2) is 54.6 Å². The van der Waals surface area contributed by atoms with E-state index in [4.69, 9.17) is 0 Å². The van der Waals surface area contributed by atoms with E-state index in [2.05, 4.69) is 5.32 Å². The molecule has 30 heavy (non-hydrogen) atoms. The van der Waals surface area contributed by atoms with Crippen molar-refractivity contribution in [2.24, 2.45) is 5.92 Å². The van der Waals surface area contributed by atoms with Gasteiger partial charge in [-0.25, -0.2) is 4.39 Å². The smallest absolute Gasteiger partial charge is 0.253 e. The third-order valence-electron chi connectivity index (χ3n) is 6.29. The molecule has 2 aromatic carbocycles. The van der Waals surface area contributed by atoms with Gasteiger partial charge >= 0.3 is 0 Å². The van der Waals surface area contributed by atoms with E-state index in [1.165, 1.54) is 12.1 Å². The molecule has 2 aromatic rings. The van der Waals surface area contributed by atoms with Gasteiger partial charge in [-0.15, -0.1) is 0 Å². The Hall–Kier alpha value is -2.73. The Morgan fingerprint density at radius 3 is 2.33 bits per heavy atom. The van der Waals surface area contributed by atoms with Crippen molar-refractivity contribution in [3.8, 4) is 0 Å².